The molecule has 0 bridgehead atoms. The third kappa shape index (κ3) is 3.43. The number of anilines is 1. The van der Waals surface area contributed by atoms with E-state index in [9.17, 15) is 4.79 Å². The van der Waals surface area contributed by atoms with Gasteiger partial charge >= 0.3 is 0 Å². The van der Waals surface area contributed by atoms with Gasteiger partial charge in [0, 0.05) is 37.1 Å². The van der Waals surface area contributed by atoms with Gasteiger partial charge in [-0.1, -0.05) is 30.3 Å². The number of rotatable bonds is 4. The molecule has 0 N–H and O–H groups in total. The highest BCUT2D eigenvalue weighted by molar-refractivity contribution is 5.59. The van der Waals surface area contributed by atoms with Gasteiger partial charge in [0.15, 0.2) is 0 Å². The summed E-state index contributed by atoms with van der Waals surface area (Å²) in [4.78, 5) is 23.9. The van der Waals surface area contributed by atoms with Gasteiger partial charge in [-0.3, -0.25) is 14.3 Å². The van der Waals surface area contributed by atoms with Gasteiger partial charge in [-0.05, 0) is 31.5 Å². The van der Waals surface area contributed by atoms with E-state index in [4.69, 9.17) is 9.72 Å². The molecule has 28 heavy (non-hydrogen) atoms. The molecule has 0 unspecified atom stereocenters. The SMILES string of the molecule is CCn1c(N2CCO[C@@H](c3ccccc3)[C@H]2C)nc(-c2ccncc2)cc1=O. The standard InChI is InChI=1S/C22H24N4O2/c1-3-25-20(27)15-19(17-9-11-23-12-10-17)24-22(25)26-13-14-28-21(16(26)2)18-7-5-4-6-8-18/h4-12,15-16,21H,3,13-14H2,1-2H3/t16-,21-/m1/s1. The molecular formula is C22H24N4O2. The molecule has 2 aromatic heterocycles. The zero-order chi connectivity index (χ0) is 19.5. The highest BCUT2D eigenvalue weighted by atomic mass is 16.5. The topological polar surface area (TPSA) is 60.2 Å². The fourth-order valence-corrected chi connectivity index (χ4v) is 3.76. The highest BCUT2D eigenvalue weighted by Gasteiger charge is 2.32. The van der Waals surface area contributed by atoms with Crippen LogP contribution in [0.15, 0.2) is 65.7 Å². The number of aromatic nitrogens is 3. The predicted molar refractivity (Wildman–Crippen MR) is 109 cm³/mol. The van der Waals surface area contributed by atoms with Crippen LogP contribution in [0.4, 0.5) is 5.95 Å². The van der Waals surface area contributed by atoms with Crippen molar-refractivity contribution in [3.8, 4) is 11.3 Å². The first-order valence-corrected chi connectivity index (χ1v) is 9.64. The van der Waals surface area contributed by atoms with Crippen LogP contribution in [0.3, 0.4) is 0 Å². The Bertz CT molecular complexity index is 988. The number of hydrogen-bond donors (Lipinski definition) is 0. The molecule has 6 heteroatoms. The first-order chi connectivity index (χ1) is 13.7. The van der Waals surface area contributed by atoms with Crippen molar-refractivity contribution in [1.82, 2.24) is 14.5 Å². The smallest absolute Gasteiger partial charge is 0.255 e. The monoisotopic (exact) mass is 376 g/mol. The summed E-state index contributed by atoms with van der Waals surface area (Å²) in [7, 11) is 0. The minimum Gasteiger partial charge on any atom is -0.370 e. The molecule has 1 aliphatic heterocycles. The summed E-state index contributed by atoms with van der Waals surface area (Å²) in [5, 5.41) is 0. The van der Waals surface area contributed by atoms with Crippen molar-refractivity contribution in [2.75, 3.05) is 18.1 Å². The molecule has 144 valence electrons. The Morgan fingerprint density at radius 2 is 1.89 bits per heavy atom. The summed E-state index contributed by atoms with van der Waals surface area (Å²) in [5.74, 6) is 0.693. The molecule has 6 nitrogen and oxygen atoms in total. The summed E-state index contributed by atoms with van der Waals surface area (Å²) in [5.41, 5.74) is 2.64. The Morgan fingerprint density at radius 3 is 2.61 bits per heavy atom. The fourth-order valence-electron chi connectivity index (χ4n) is 3.76. The zero-order valence-electron chi connectivity index (χ0n) is 16.2. The van der Waals surface area contributed by atoms with Crippen LogP contribution in [0.1, 0.15) is 25.5 Å². The van der Waals surface area contributed by atoms with E-state index in [0.29, 0.717) is 31.3 Å². The molecule has 1 aliphatic rings. The van der Waals surface area contributed by atoms with Crippen LogP contribution >= 0.6 is 0 Å². The molecule has 0 radical (unpaired) electrons. The summed E-state index contributed by atoms with van der Waals surface area (Å²) >= 11 is 0. The van der Waals surface area contributed by atoms with Crippen molar-refractivity contribution in [1.29, 1.82) is 0 Å². The molecule has 1 aromatic carbocycles. The van der Waals surface area contributed by atoms with Gasteiger partial charge < -0.3 is 9.64 Å². The van der Waals surface area contributed by atoms with Crippen LogP contribution < -0.4 is 10.5 Å². The molecule has 3 heterocycles. The molecule has 1 fully saturated rings. The van der Waals surface area contributed by atoms with E-state index >= 15 is 0 Å². The third-order valence-electron chi connectivity index (χ3n) is 5.22. The first kappa shape index (κ1) is 18.4. The van der Waals surface area contributed by atoms with Crippen LogP contribution in [0, 0.1) is 0 Å². The van der Waals surface area contributed by atoms with Gasteiger partial charge in [-0.2, -0.15) is 0 Å². The number of benzene rings is 1. The van der Waals surface area contributed by atoms with E-state index in [0.717, 1.165) is 11.1 Å². The number of hydrogen-bond acceptors (Lipinski definition) is 5. The minimum atomic E-state index is -0.0678. The molecule has 3 aromatic rings. The molecule has 4 rings (SSSR count). The zero-order valence-corrected chi connectivity index (χ0v) is 16.2. The maximum absolute atomic E-state index is 12.8. The van der Waals surface area contributed by atoms with E-state index in [1.807, 2.05) is 37.3 Å². The molecule has 2 atom stereocenters. The van der Waals surface area contributed by atoms with Gasteiger partial charge in [-0.25, -0.2) is 4.98 Å². The van der Waals surface area contributed by atoms with E-state index in [1.54, 1.807) is 23.0 Å². The molecular weight excluding hydrogens is 352 g/mol. The van der Waals surface area contributed by atoms with Crippen molar-refractivity contribution in [2.45, 2.75) is 32.5 Å². The lowest BCUT2D eigenvalue weighted by atomic mass is 10.0. The second-order valence-corrected chi connectivity index (χ2v) is 6.90. The second-order valence-electron chi connectivity index (χ2n) is 6.90. The van der Waals surface area contributed by atoms with Crippen molar-refractivity contribution < 1.29 is 4.74 Å². The maximum atomic E-state index is 12.8. The van der Waals surface area contributed by atoms with Crippen molar-refractivity contribution in [3.63, 3.8) is 0 Å². The van der Waals surface area contributed by atoms with Crippen molar-refractivity contribution in [2.24, 2.45) is 0 Å². The van der Waals surface area contributed by atoms with Gasteiger partial charge in [0.05, 0.1) is 18.3 Å². The molecule has 0 saturated carbocycles. The van der Waals surface area contributed by atoms with Crippen LogP contribution in [-0.4, -0.2) is 33.7 Å². The molecule has 0 amide bonds. The largest absolute Gasteiger partial charge is 0.370 e. The Morgan fingerprint density at radius 1 is 1.14 bits per heavy atom. The number of pyridine rings is 1. The van der Waals surface area contributed by atoms with Crippen LogP contribution in [0.25, 0.3) is 11.3 Å². The van der Waals surface area contributed by atoms with E-state index in [1.165, 1.54) is 0 Å². The summed E-state index contributed by atoms with van der Waals surface area (Å²) in [6.45, 7) is 5.94. The van der Waals surface area contributed by atoms with Crippen LogP contribution in [0.2, 0.25) is 0 Å². The van der Waals surface area contributed by atoms with Crippen LogP contribution in [-0.2, 0) is 11.3 Å². The number of morpholine rings is 1. The normalized spacial score (nSPS) is 19.6. The lowest BCUT2D eigenvalue weighted by molar-refractivity contribution is 0.0135. The number of ether oxygens (including phenoxy) is 1. The molecule has 1 saturated heterocycles. The lowest BCUT2D eigenvalue weighted by Crippen LogP contribution is -2.48. The highest BCUT2D eigenvalue weighted by Crippen LogP contribution is 2.31. The minimum absolute atomic E-state index is 0.0470. The second kappa shape index (κ2) is 7.94. The molecule has 0 spiro atoms. The van der Waals surface area contributed by atoms with Crippen molar-refractivity contribution in [3.05, 3.63) is 76.8 Å². The Balaban J connectivity index is 1.77. The summed E-state index contributed by atoms with van der Waals surface area (Å²) < 4.78 is 7.81. The molecule has 0 aliphatic carbocycles. The number of nitrogens with zero attached hydrogens (tertiary/aromatic N) is 4. The lowest BCUT2D eigenvalue weighted by Gasteiger charge is -2.40. The van der Waals surface area contributed by atoms with E-state index < -0.39 is 0 Å². The van der Waals surface area contributed by atoms with Gasteiger partial charge in [-0.15, -0.1) is 0 Å². The van der Waals surface area contributed by atoms with Gasteiger partial charge in [0.2, 0.25) is 5.95 Å². The first-order valence-electron chi connectivity index (χ1n) is 9.64. The van der Waals surface area contributed by atoms with E-state index in [2.05, 4.69) is 28.9 Å². The average Bonchev–Trinajstić information content (AvgIpc) is 2.74. The Hall–Kier alpha value is -2.99. The Labute approximate surface area is 164 Å². The van der Waals surface area contributed by atoms with Gasteiger partial charge in [0.25, 0.3) is 5.56 Å². The predicted octanol–water partition coefficient (Wildman–Crippen LogP) is 3.29. The van der Waals surface area contributed by atoms with E-state index in [-0.39, 0.29) is 17.7 Å². The Kier molecular flexibility index (Phi) is 5.21. The quantitative estimate of drug-likeness (QED) is 0.699. The van der Waals surface area contributed by atoms with Crippen molar-refractivity contribution >= 4 is 5.95 Å². The fraction of sp³-hybridized carbons (Fsp3) is 0.318. The summed E-state index contributed by atoms with van der Waals surface area (Å²) in [6.07, 6.45) is 3.36. The third-order valence-corrected chi connectivity index (χ3v) is 5.22. The maximum Gasteiger partial charge on any atom is 0.255 e. The van der Waals surface area contributed by atoms with Gasteiger partial charge in [0.1, 0.15) is 6.10 Å². The average molecular weight is 376 g/mol. The summed E-state index contributed by atoms with van der Waals surface area (Å²) in [6, 6.07) is 15.6. The van der Waals surface area contributed by atoms with Crippen LogP contribution in [0.5, 0.6) is 0 Å².